The van der Waals surface area contributed by atoms with Crippen molar-refractivity contribution in [3.05, 3.63) is 36.9 Å². The van der Waals surface area contributed by atoms with Gasteiger partial charge in [0.15, 0.2) is 0 Å². The van der Waals surface area contributed by atoms with Crippen LogP contribution < -0.4 is 0 Å². The second kappa shape index (κ2) is 6.98. The second-order valence-corrected chi connectivity index (χ2v) is 6.10. The Morgan fingerprint density at radius 1 is 1.00 bits per heavy atom. The molecule has 3 aromatic rings. The van der Waals surface area contributed by atoms with Gasteiger partial charge in [0.2, 0.25) is 5.91 Å². The van der Waals surface area contributed by atoms with Gasteiger partial charge in [-0.1, -0.05) is 12.1 Å². The van der Waals surface area contributed by atoms with Gasteiger partial charge in [-0.2, -0.15) is 20.1 Å². The Morgan fingerprint density at radius 3 is 2.36 bits per heavy atom. The molecule has 0 saturated carbocycles. The molecule has 9 heteroatoms. The van der Waals surface area contributed by atoms with E-state index in [0.717, 1.165) is 50.3 Å². The van der Waals surface area contributed by atoms with Gasteiger partial charge in [0.1, 0.15) is 30.2 Å². The van der Waals surface area contributed by atoms with Crippen molar-refractivity contribution in [2.24, 2.45) is 0 Å². The Hall–Kier alpha value is -2.81. The van der Waals surface area contributed by atoms with Gasteiger partial charge >= 0.3 is 0 Å². The smallest absolute Gasteiger partial charge is 0.246 e. The molecule has 1 aliphatic rings. The number of fused-ring (bicyclic) bond motifs is 1. The number of aromatic nitrogens is 6. The van der Waals surface area contributed by atoms with Gasteiger partial charge < -0.3 is 4.90 Å². The first-order valence-corrected chi connectivity index (χ1v) is 8.40. The molecule has 0 bridgehead atoms. The van der Waals surface area contributed by atoms with Crippen LogP contribution in [0.4, 0.5) is 0 Å². The molecular formula is C16H20N8O. The van der Waals surface area contributed by atoms with E-state index in [1.54, 1.807) is 12.7 Å². The number of piperazine rings is 1. The summed E-state index contributed by atoms with van der Waals surface area (Å²) in [7, 11) is 0. The van der Waals surface area contributed by atoms with E-state index in [4.69, 9.17) is 0 Å². The molecule has 0 spiro atoms. The van der Waals surface area contributed by atoms with Crippen molar-refractivity contribution in [2.75, 3.05) is 32.7 Å². The van der Waals surface area contributed by atoms with Gasteiger partial charge in [-0.3, -0.25) is 14.4 Å². The topological polar surface area (TPSA) is 85.0 Å². The minimum Gasteiger partial charge on any atom is -0.338 e. The average molecular weight is 340 g/mol. The van der Waals surface area contributed by atoms with Crippen molar-refractivity contribution < 1.29 is 4.79 Å². The van der Waals surface area contributed by atoms with Crippen LogP contribution in [0.5, 0.6) is 0 Å². The highest BCUT2D eigenvalue weighted by atomic mass is 16.2. The summed E-state index contributed by atoms with van der Waals surface area (Å²) in [5, 5.41) is 12.8. The fourth-order valence-electron chi connectivity index (χ4n) is 3.01. The van der Waals surface area contributed by atoms with E-state index >= 15 is 0 Å². The largest absolute Gasteiger partial charge is 0.338 e. The van der Waals surface area contributed by atoms with Crippen molar-refractivity contribution in [3.63, 3.8) is 0 Å². The first-order chi connectivity index (χ1) is 12.3. The summed E-state index contributed by atoms with van der Waals surface area (Å²) in [6.07, 6.45) is 3.27. The lowest BCUT2D eigenvalue weighted by Gasteiger charge is -2.34. The normalized spacial score (nSPS) is 15.8. The third kappa shape index (κ3) is 3.66. The van der Waals surface area contributed by atoms with Crippen molar-refractivity contribution in [2.45, 2.75) is 13.1 Å². The summed E-state index contributed by atoms with van der Waals surface area (Å²) in [6.45, 7) is 5.13. The van der Waals surface area contributed by atoms with Crippen LogP contribution in [0.15, 0.2) is 36.9 Å². The monoisotopic (exact) mass is 340 g/mol. The molecule has 0 N–H and O–H groups in total. The van der Waals surface area contributed by atoms with E-state index in [1.165, 1.54) is 4.80 Å². The Labute approximate surface area is 144 Å². The van der Waals surface area contributed by atoms with Crippen LogP contribution in [-0.2, 0) is 17.9 Å². The molecule has 1 aliphatic heterocycles. The summed E-state index contributed by atoms with van der Waals surface area (Å²) in [6, 6.07) is 7.64. The first kappa shape index (κ1) is 15.7. The Balaban J connectivity index is 1.27. The fourth-order valence-corrected chi connectivity index (χ4v) is 3.01. The van der Waals surface area contributed by atoms with Crippen LogP contribution in [-0.4, -0.2) is 78.2 Å². The van der Waals surface area contributed by atoms with Crippen LogP contribution in [0.25, 0.3) is 11.0 Å². The summed E-state index contributed by atoms with van der Waals surface area (Å²) < 4.78 is 1.82. The van der Waals surface area contributed by atoms with E-state index in [-0.39, 0.29) is 12.5 Å². The van der Waals surface area contributed by atoms with Crippen LogP contribution in [0.3, 0.4) is 0 Å². The van der Waals surface area contributed by atoms with Crippen LogP contribution in [0.2, 0.25) is 0 Å². The third-order valence-corrected chi connectivity index (χ3v) is 4.44. The van der Waals surface area contributed by atoms with Crippen LogP contribution >= 0.6 is 0 Å². The molecule has 0 radical (unpaired) electrons. The standard InChI is InChI=1S/C16H20N8O/c25-16(11-24-19-14-3-1-2-4-15(14)20-24)22-8-5-21(6-9-22)7-10-23-13-17-12-18-23/h1-4,12-13H,5-11H2. The third-order valence-electron chi connectivity index (χ3n) is 4.44. The molecule has 0 unspecified atom stereocenters. The summed E-state index contributed by atoms with van der Waals surface area (Å²) >= 11 is 0. The number of hydrogen-bond acceptors (Lipinski definition) is 6. The predicted molar refractivity (Wildman–Crippen MR) is 90.6 cm³/mol. The van der Waals surface area contributed by atoms with Gasteiger partial charge in [-0.15, -0.1) is 0 Å². The quantitative estimate of drug-likeness (QED) is 0.643. The molecular weight excluding hydrogens is 320 g/mol. The van der Waals surface area contributed by atoms with Crippen molar-refractivity contribution in [1.82, 2.24) is 39.6 Å². The zero-order chi connectivity index (χ0) is 17.1. The number of amides is 1. The maximum Gasteiger partial charge on any atom is 0.246 e. The summed E-state index contributed by atoms with van der Waals surface area (Å²) in [4.78, 5) is 22.1. The van der Waals surface area contributed by atoms with Gasteiger partial charge in [0.25, 0.3) is 0 Å². The summed E-state index contributed by atoms with van der Waals surface area (Å²) in [5.41, 5.74) is 1.63. The van der Waals surface area contributed by atoms with Crippen molar-refractivity contribution >= 4 is 16.9 Å². The summed E-state index contributed by atoms with van der Waals surface area (Å²) in [5.74, 6) is 0.0660. The highest BCUT2D eigenvalue weighted by Crippen LogP contribution is 2.08. The molecule has 0 aliphatic carbocycles. The van der Waals surface area contributed by atoms with Gasteiger partial charge in [0, 0.05) is 32.7 Å². The molecule has 1 fully saturated rings. The van der Waals surface area contributed by atoms with Crippen molar-refractivity contribution in [3.8, 4) is 0 Å². The molecule has 3 heterocycles. The highest BCUT2D eigenvalue weighted by molar-refractivity contribution is 5.77. The van der Waals surface area contributed by atoms with E-state index < -0.39 is 0 Å². The first-order valence-electron chi connectivity index (χ1n) is 8.40. The lowest BCUT2D eigenvalue weighted by molar-refractivity contribution is -0.134. The predicted octanol–water partition coefficient (Wildman–Crippen LogP) is -0.133. The van der Waals surface area contributed by atoms with Crippen LogP contribution in [0, 0.1) is 0 Å². The zero-order valence-corrected chi connectivity index (χ0v) is 13.9. The number of carbonyl (C=O) groups excluding carboxylic acids is 1. The van der Waals surface area contributed by atoms with Crippen molar-refractivity contribution in [1.29, 1.82) is 0 Å². The maximum absolute atomic E-state index is 12.5. The van der Waals surface area contributed by atoms with Gasteiger partial charge in [0.05, 0.1) is 6.54 Å². The average Bonchev–Trinajstić information content (AvgIpc) is 3.29. The SMILES string of the molecule is O=C(Cn1nc2ccccc2n1)N1CCN(CCn2cncn2)CC1. The van der Waals surface area contributed by atoms with Crippen LogP contribution in [0.1, 0.15) is 0 Å². The Bertz CT molecular complexity index is 802. The fraction of sp³-hybridized carbons (Fsp3) is 0.438. The number of benzene rings is 1. The number of nitrogens with zero attached hydrogens (tertiary/aromatic N) is 8. The molecule has 1 aromatic carbocycles. The Morgan fingerprint density at radius 2 is 1.72 bits per heavy atom. The molecule has 25 heavy (non-hydrogen) atoms. The lowest BCUT2D eigenvalue weighted by atomic mass is 10.3. The zero-order valence-electron chi connectivity index (χ0n) is 13.9. The minimum atomic E-state index is 0.0660. The number of rotatable bonds is 5. The second-order valence-electron chi connectivity index (χ2n) is 6.10. The molecule has 1 saturated heterocycles. The molecule has 1 amide bonds. The van der Waals surface area contributed by atoms with E-state index in [1.807, 2.05) is 33.8 Å². The molecule has 4 rings (SSSR count). The van der Waals surface area contributed by atoms with E-state index in [9.17, 15) is 4.79 Å². The number of carbonyl (C=O) groups is 1. The lowest BCUT2D eigenvalue weighted by Crippen LogP contribution is -2.50. The Kier molecular flexibility index (Phi) is 4.38. The maximum atomic E-state index is 12.5. The number of hydrogen-bond donors (Lipinski definition) is 0. The molecule has 2 aromatic heterocycles. The van der Waals surface area contributed by atoms with Gasteiger partial charge in [-0.25, -0.2) is 4.98 Å². The molecule has 9 nitrogen and oxygen atoms in total. The van der Waals surface area contributed by atoms with E-state index in [0.29, 0.717) is 0 Å². The molecule has 0 atom stereocenters. The minimum absolute atomic E-state index is 0.0660. The molecule has 130 valence electrons. The van der Waals surface area contributed by atoms with Gasteiger partial charge in [-0.05, 0) is 12.1 Å². The van der Waals surface area contributed by atoms with E-state index in [2.05, 4.69) is 25.2 Å². The highest BCUT2D eigenvalue weighted by Gasteiger charge is 2.21.